The lowest BCUT2D eigenvalue weighted by molar-refractivity contribution is 0.337. The number of nitrogens with zero attached hydrogens (tertiary/aromatic N) is 1. The molecule has 4 heteroatoms. The summed E-state index contributed by atoms with van der Waals surface area (Å²) < 4.78 is 0.980. The van der Waals surface area contributed by atoms with Gasteiger partial charge in [0, 0.05) is 18.0 Å². The molecule has 0 saturated heterocycles. The Morgan fingerprint density at radius 2 is 2.50 bits per heavy atom. The monoisotopic (exact) mass is 246 g/mol. The van der Waals surface area contributed by atoms with E-state index in [0.717, 1.165) is 22.2 Å². The molecule has 1 aromatic rings. The Balaban J connectivity index is 1.79. The van der Waals surface area contributed by atoms with Crippen LogP contribution >= 0.6 is 27.3 Å². The first-order valence-corrected chi connectivity index (χ1v) is 5.85. The van der Waals surface area contributed by atoms with Crippen LogP contribution in [0.15, 0.2) is 9.30 Å². The Morgan fingerprint density at radius 3 is 3.00 bits per heavy atom. The Kier molecular flexibility index (Phi) is 2.78. The number of hydrogen-bond donors (Lipinski definition) is 1. The van der Waals surface area contributed by atoms with Crippen molar-refractivity contribution in [1.29, 1.82) is 0 Å². The zero-order valence-corrected chi connectivity index (χ0v) is 9.12. The fourth-order valence-corrected chi connectivity index (χ4v) is 2.27. The number of nitrogens with one attached hydrogen (secondary N) is 1. The summed E-state index contributed by atoms with van der Waals surface area (Å²) in [6.07, 6.45) is 4.06. The second-order valence-corrected chi connectivity index (χ2v) is 5.23. The quantitative estimate of drug-likeness (QED) is 0.887. The van der Waals surface area contributed by atoms with Crippen molar-refractivity contribution >= 4 is 27.3 Å². The summed E-state index contributed by atoms with van der Waals surface area (Å²) in [7, 11) is 0. The van der Waals surface area contributed by atoms with E-state index in [1.165, 1.54) is 19.3 Å². The van der Waals surface area contributed by atoms with Crippen molar-refractivity contribution in [3.63, 3.8) is 0 Å². The lowest BCUT2D eigenvalue weighted by atomic mass is 9.93. The van der Waals surface area contributed by atoms with E-state index in [0.29, 0.717) is 0 Å². The van der Waals surface area contributed by atoms with E-state index in [1.54, 1.807) is 11.3 Å². The highest BCUT2D eigenvalue weighted by atomic mass is 79.9. The van der Waals surface area contributed by atoms with Gasteiger partial charge in [0.2, 0.25) is 0 Å². The first kappa shape index (κ1) is 8.66. The fraction of sp³-hybridized carbons (Fsp3) is 0.625. The van der Waals surface area contributed by atoms with Crippen LogP contribution in [0, 0.1) is 0 Å². The molecule has 1 aliphatic carbocycles. The van der Waals surface area contributed by atoms with E-state index in [2.05, 4.69) is 31.6 Å². The molecule has 1 fully saturated rings. The number of thiazole rings is 1. The van der Waals surface area contributed by atoms with Gasteiger partial charge in [-0.1, -0.05) is 6.42 Å². The molecule has 0 amide bonds. The zero-order chi connectivity index (χ0) is 8.39. The van der Waals surface area contributed by atoms with E-state index in [1.807, 2.05) is 0 Å². The van der Waals surface area contributed by atoms with Crippen LogP contribution in [0.4, 0.5) is 0 Å². The predicted molar refractivity (Wildman–Crippen MR) is 54.3 cm³/mol. The van der Waals surface area contributed by atoms with Gasteiger partial charge in [-0.3, -0.25) is 0 Å². The summed E-state index contributed by atoms with van der Waals surface area (Å²) in [5.74, 6) is 0. The van der Waals surface area contributed by atoms with Crippen LogP contribution in [0.3, 0.4) is 0 Å². The van der Waals surface area contributed by atoms with Gasteiger partial charge in [-0.25, -0.2) is 4.98 Å². The molecule has 0 bridgehead atoms. The summed E-state index contributed by atoms with van der Waals surface area (Å²) in [5, 5.41) is 5.57. The number of rotatable bonds is 3. The van der Waals surface area contributed by atoms with Crippen molar-refractivity contribution in [2.45, 2.75) is 31.8 Å². The van der Waals surface area contributed by atoms with E-state index in [4.69, 9.17) is 0 Å². The molecule has 66 valence electrons. The van der Waals surface area contributed by atoms with Gasteiger partial charge in [0.1, 0.15) is 0 Å². The molecule has 2 nitrogen and oxygen atoms in total. The van der Waals surface area contributed by atoms with Gasteiger partial charge in [0.05, 0.1) is 5.69 Å². The SMILES string of the molecule is Brc1nc(CNC2CCC2)cs1. The maximum Gasteiger partial charge on any atom is 0.159 e. The number of hydrogen-bond acceptors (Lipinski definition) is 3. The van der Waals surface area contributed by atoms with Gasteiger partial charge < -0.3 is 5.32 Å². The highest BCUT2D eigenvalue weighted by molar-refractivity contribution is 9.11. The van der Waals surface area contributed by atoms with E-state index < -0.39 is 0 Å². The highest BCUT2D eigenvalue weighted by Crippen LogP contribution is 2.20. The van der Waals surface area contributed by atoms with Crippen LogP contribution in [0.5, 0.6) is 0 Å². The first-order valence-electron chi connectivity index (χ1n) is 4.18. The normalized spacial score (nSPS) is 17.8. The minimum atomic E-state index is 0.755. The van der Waals surface area contributed by atoms with Gasteiger partial charge in [0.25, 0.3) is 0 Å². The van der Waals surface area contributed by atoms with Crippen molar-refractivity contribution in [3.05, 3.63) is 15.0 Å². The fourth-order valence-electron chi connectivity index (χ4n) is 1.22. The van der Waals surface area contributed by atoms with Crippen molar-refractivity contribution in [1.82, 2.24) is 10.3 Å². The van der Waals surface area contributed by atoms with E-state index >= 15 is 0 Å². The van der Waals surface area contributed by atoms with Gasteiger partial charge in [0.15, 0.2) is 3.92 Å². The Morgan fingerprint density at radius 1 is 1.67 bits per heavy atom. The third-order valence-corrected chi connectivity index (χ3v) is 3.61. The Hall–Kier alpha value is 0.0700. The smallest absolute Gasteiger partial charge is 0.159 e. The van der Waals surface area contributed by atoms with Crippen molar-refractivity contribution < 1.29 is 0 Å². The second-order valence-electron chi connectivity index (χ2n) is 3.10. The lowest BCUT2D eigenvalue weighted by Crippen LogP contribution is -2.34. The largest absolute Gasteiger partial charge is 0.308 e. The number of halogens is 1. The van der Waals surface area contributed by atoms with Crippen molar-refractivity contribution in [2.24, 2.45) is 0 Å². The summed E-state index contributed by atoms with van der Waals surface area (Å²) in [5.41, 5.74) is 1.15. The maximum atomic E-state index is 4.31. The molecule has 0 aromatic carbocycles. The van der Waals surface area contributed by atoms with Crippen LogP contribution in [0.1, 0.15) is 25.0 Å². The van der Waals surface area contributed by atoms with Crippen molar-refractivity contribution in [2.75, 3.05) is 0 Å². The van der Waals surface area contributed by atoms with Crippen LogP contribution in [-0.4, -0.2) is 11.0 Å². The summed E-state index contributed by atoms with van der Waals surface area (Å²) in [4.78, 5) is 4.31. The number of aromatic nitrogens is 1. The highest BCUT2D eigenvalue weighted by Gasteiger charge is 2.16. The van der Waals surface area contributed by atoms with Gasteiger partial charge in [-0.05, 0) is 28.8 Å². The third kappa shape index (κ3) is 2.06. The minimum absolute atomic E-state index is 0.755. The van der Waals surface area contributed by atoms with Gasteiger partial charge >= 0.3 is 0 Å². The summed E-state index contributed by atoms with van der Waals surface area (Å²) in [6.45, 7) is 0.923. The molecular weight excluding hydrogens is 236 g/mol. The third-order valence-electron chi connectivity index (χ3n) is 2.20. The molecule has 0 unspecified atom stereocenters. The van der Waals surface area contributed by atoms with Crippen molar-refractivity contribution in [3.8, 4) is 0 Å². The summed E-state index contributed by atoms with van der Waals surface area (Å²) in [6, 6.07) is 0.755. The predicted octanol–water partition coefficient (Wildman–Crippen LogP) is 2.55. The molecule has 0 spiro atoms. The van der Waals surface area contributed by atoms with Gasteiger partial charge in [-0.15, -0.1) is 11.3 Å². The maximum absolute atomic E-state index is 4.31. The second kappa shape index (κ2) is 3.85. The minimum Gasteiger partial charge on any atom is -0.308 e. The molecule has 0 aliphatic heterocycles. The molecule has 1 saturated carbocycles. The van der Waals surface area contributed by atoms with Gasteiger partial charge in [-0.2, -0.15) is 0 Å². The Labute approximate surface area is 84.5 Å². The molecule has 0 radical (unpaired) electrons. The lowest BCUT2D eigenvalue weighted by Gasteiger charge is -2.26. The summed E-state index contributed by atoms with van der Waals surface area (Å²) >= 11 is 5.00. The topological polar surface area (TPSA) is 24.9 Å². The zero-order valence-electron chi connectivity index (χ0n) is 6.72. The molecule has 1 N–H and O–H groups in total. The average molecular weight is 247 g/mol. The first-order chi connectivity index (χ1) is 5.84. The standard InChI is InChI=1S/C8H11BrN2S/c9-8-11-7(5-12-8)4-10-6-2-1-3-6/h5-6,10H,1-4H2. The van der Waals surface area contributed by atoms with Crippen LogP contribution in [0.2, 0.25) is 0 Å². The van der Waals surface area contributed by atoms with Crippen LogP contribution in [0.25, 0.3) is 0 Å². The van der Waals surface area contributed by atoms with E-state index in [-0.39, 0.29) is 0 Å². The average Bonchev–Trinajstić information content (AvgIpc) is 2.32. The van der Waals surface area contributed by atoms with Crippen LogP contribution in [-0.2, 0) is 6.54 Å². The van der Waals surface area contributed by atoms with Crippen LogP contribution < -0.4 is 5.32 Å². The van der Waals surface area contributed by atoms with E-state index in [9.17, 15) is 0 Å². The molecule has 1 heterocycles. The Bertz CT molecular complexity index is 257. The molecule has 0 atom stereocenters. The molecule has 1 aromatic heterocycles. The molecule has 2 rings (SSSR count). The molecule has 12 heavy (non-hydrogen) atoms. The molecular formula is C8H11BrN2S. The molecule has 1 aliphatic rings.